The summed E-state index contributed by atoms with van der Waals surface area (Å²) in [6.45, 7) is 10.8. The number of hydrogen-bond donors (Lipinski definition) is 1. The Morgan fingerprint density at radius 3 is 1.75 bits per heavy atom. The quantitative estimate of drug-likeness (QED) is 0.564. The van der Waals surface area contributed by atoms with Crippen molar-refractivity contribution < 1.29 is 31.2 Å². The molecule has 0 bridgehead atoms. The number of carbonyl (C=O) groups is 2. The van der Waals surface area contributed by atoms with E-state index in [1.807, 2.05) is 0 Å². The molecule has 194 valence electrons. The smallest absolute Gasteiger partial charge is 0.353 e. The number of sulfone groups is 2. The summed E-state index contributed by atoms with van der Waals surface area (Å²) >= 11 is 0. The summed E-state index contributed by atoms with van der Waals surface area (Å²) in [6.07, 6.45) is 0. The van der Waals surface area contributed by atoms with Gasteiger partial charge in [0.1, 0.15) is 5.60 Å². The number of aryl methyl sites for hydroxylation is 2. The Morgan fingerprint density at radius 1 is 0.861 bits per heavy atom. The highest BCUT2D eigenvalue weighted by atomic mass is 32.2. The molecular weight excluding hydrogens is 502 g/mol. The molecule has 0 fully saturated rings. The summed E-state index contributed by atoms with van der Waals surface area (Å²) in [5.41, 5.74) is -0.0569. The molecule has 10 heteroatoms. The molecule has 0 saturated heterocycles. The van der Waals surface area contributed by atoms with Crippen LogP contribution in [0, 0.1) is 13.8 Å². The molecule has 0 radical (unpaired) electrons. The summed E-state index contributed by atoms with van der Waals surface area (Å²) in [7, 11) is -8.94. The van der Waals surface area contributed by atoms with Crippen molar-refractivity contribution in [3.63, 3.8) is 0 Å². The third kappa shape index (κ3) is 4.59. The summed E-state index contributed by atoms with van der Waals surface area (Å²) in [5, 5.41) is 0.767. The first-order valence-corrected chi connectivity index (χ1v) is 14.4. The van der Waals surface area contributed by atoms with Gasteiger partial charge < -0.3 is 10.1 Å². The number of nitrogens with one attached hydrogen (secondary N) is 1. The van der Waals surface area contributed by atoms with Gasteiger partial charge in [0.2, 0.25) is 15.7 Å². The van der Waals surface area contributed by atoms with E-state index >= 15 is 0 Å². The van der Waals surface area contributed by atoms with Crippen molar-refractivity contribution in [1.29, 1.82) is 0 Å². The Bertz CT molecular complexity index is 1450. The molecule has 2 aromatic carbocycles. The number of ether oxygens (including phenoxy) is 1. The summed E-state index contributed by atoms with van der Waals surface area (Å²) < 4.78 is 61.2. The van der Waals surface area contributed by atoms with Crippen molar-refractivity contribution >= 4 is 31.6 Å². The fourth-order valence-electron chi connectivity index (χ4n) is 4.11. The molecule has 2 atom stereocenters. The molecule has 0 saturated carbocycles. The SMILES string of the molecule is CC1=C(C(C)S(=O)(=O)c2ccc(C)cc2)C(C(=O)OC(C)(C)C)(S(=O)(=O)c2ccc(C)cc2)NC1=O. The average molecular weight is 534 g/mol. The largest absolute Gasteiger partial charge is 0.457 e. The summed E-state index contributed by atoms with van der Waals surface area (Å²) in [6, 6.07) is 11.8. The van der Waals surface area contributed by atoms with Crippen LogP contribution in [0.15, 0.2) is 69.5 Å². The Hall–Kier alpha value is -2.98. The number of amides is 1. The fraction of sp³-hybridized carbons (Fsp3) is 0.385. The number of hydrogen-bond acceptors (Lipinski definition) is 7. The molecule has 1 N–H and O–H groups in total. The van der Waals surface area contributed by atoms with Crippen molar-refractivity contribution in [1.82, 2.24) is 5.32 Å². The molecule has 1 aliphatic heterocycles. The molecule has 0 spiro atoms. The zero-order chi connectivity index (χ0) is 27.3. The molecule has 2 unspecified atom stereocenters. The van der Waals surface area contributed by atoms with Crippen LogP contribution in [0.5, 0.6) is 0 Å². The lowest BCUT2D eigenvalue weighted by molar-refractivity contribution is -0.158. The van der Waals surface area contributed by atoms with Gasteiger partial charge in [0, 0.05) is 11.1 Å². The van der Waals surface area contributed by atoms with Gasteiger partial charge >= 0.3 is 5.97 Å². The highest BCUT2D eigenvalue weighted by Crippen LogP contribution is 2.43. The number of rotatable bonds is 6. The third-order valence-corrected chi connectivity index (χ3v) is 10.3. The molecular formula is C26H31NO7S2. The predicted molar refractivity (Wildman–Crippen MR) is 136 cm³/mol. The van der Waals surface area contributed by atoms with E-state index < -0.39 is 47.3 Å². The van der Waals surface area contributed by atoms with E-state index in [0.717, 1.165) is 11.1 Å². The van der Waals surface area contributed by atoms with Gasteiger partial charge in [0.05, 0.1) is 15.0 Å². The van der Waals surface area contributed by atoms with Crippen LogP contribution in [-0.2, 0) is 34.0 Å². The van der Waals surface area contributed by atoms with Crippen LogP contribution in [0.3, 0.4) is 0 Å². The standard InChI is InChI=1S/C26H31NO7S2/c1-16-8-12-20(13-9-16)35(30,31)19(4)22-18(3)23(28)27-26(22,24(29)34-25(5,6)7)36(32,33)21-14-10-17(2)11-15-21/h8-15,19H,1-7H3,(H,27,28). The molecule has 2 aromatic rings. The number of esters is 1. The summed E-state index contributed by atoms with van der Waals surface area (Å²) in [5.74, 6) is -2.14. The van der Waals surface area contributed by atoms with Crippen LogP contribution in [0.25, 0.3) is 0 Å². The van der Waals surface area contributed by atoms with Crippen molar-refractivity contribution in [2.75, 3.05) is 0 Å². The van der Waals surface area contributed by atoms with E-state index in [4.69, 9.17) is 4.74 Å². The first-order chi connectivity index (χ1) is 16.4. The molecule has 1 heterocycles. The minimum Gasteiger partial charge on any atom is -0.457 e. The van der Waals surface area contributed by atoms with Crippen LogP contribution in [0.1, 0.15) is 45.7 Å². The molecule has 1 amide bonds. The van der Waals surface area contributed by atoms with E-state index in [0.29, 0.717) is 0 Å². The second kappa shape index (κ2) is 9.15. The predicted octanol–water partition coefficient (Wildman–Crippen LogP) is 3.42. The Balaban J connectivity index is 2.34. The van der Waals surface area contributed by atoms with Crippen molar-refractivity contribution in [2.45, 2.75) is 74.0 Å². The number of carbonyl (C=O) groups excluding carboxylic acids is 2. The molecule has 3 rings (SSSR count). The molecule has 0 aromatic heterocycles. The van der Waals surface area contributed by atoms with Gasteiger partial charge in [-0.25, -0.2) is 21.6 Å². The van der Waals surface area contributed by atoms with E-state index in [9.17, 15) is 26.4 Å². The Kier molecular flexibility index (Phi) is 7.02. The van der Waals surface area contributed by atoms with Crippen molar-refractivity contribution in [2.24, 2.45) is 0 Å². The zero-order valence-electron chi connectivity index (χ0n) is 21.4. The van der Waals surface area contributed by atoms with Crippen LogP contribution in [0.4, 0.5) is 0 Å². The van der Waals surface area contributed by atoms with E-state index in [-0.39, 0.29) is 20.9 Å². The van der Waals surface area contributed by atoms with Gasteiger partial charge in [-0.15, -0.1) is 0 Å². The van der Waals surface area contributed by atoms with Gasteiger partial charge in [0.25, 0.3) is 4.87 Å². The van der Waals surface area contributed by atoms with Crippen LogP contribution in [0.2, 0.25) is 0 Å². The van der Waals surface area contributed by atoms with Crippen molar-refractivity contribution in [3.05, 3.63) is 70.8 Å². The highest BCUT2D eigenvalue weighted by Gasteiger charge is 2.64. The van der Waals surface area contributed by atoms with Gasteiger partial charge in [-0.2, -0.15) is 0 Å². The monoisotopic (exact) mass is 533 g/mol. The third-order valence-electron chi connectivity index (χ3n) is 6.06. The van der Waals surface area contributed by atoms with E-state index in [2.05, 4.69) is 5.32 Å². The van der Waals surface area contributed by atoms with Gasteiger partial charge in [-0.1, -0.05) is 35.4 Å². The van der Waals surface area contributed by atoms with Crippen molar-refractivity contribution in [3.8, 4) is 0 Å². The maximum Gasteiger partial charge on any atom is 0.353 e. The fourth-order valence-corrected chi connectivity index (χ4v) is 7.73. The highest BCUT2D eigenvalue weighted by molar-refractivity contribution is 7.94. The topological polar surface area (TPSA) is 124 Å². The second-order valence-electron chi connectivity index (χ2n) is 9.99. The van der Waals surface area contributed by atoms with Gasteiger partial charge in [0.15, 0.2) is 9.84 Å². The molecule has 36 heavy (non-hydrogen) atoms. The molecule has 8 nitrogen and oxygen atoms in total. The maximum absolute atomic E-state index is 14.2. The maximum atomic E-state index is 14.2. The Labute approximate surface area is 212 Å². The van der Waals surface area contributed by atoms with Gasteiger partial charge in [-0.05, 0) is 72.7 Å². The first-order valence-electron chi connectivity index (χ1n) is 11.3. The minimum absolute atomic E-state index is 0.0638. The number of benzene rings is 2. The van der Waals surface area contributed by atoms with Gasteiger partial charge in [-0.3, -0.25) is 4.79 Å². The van der Waals surface area contributed by atoms with Crippen LogP contribution < -0.4 is 5.32 Å². The molecule has 1 aliphatic rings. The molecule has 0 aliphatic carbocycles. The lowest BCUT2D eigenvalue weighted by Gasteiger charge is -2.34. The zero-order valence-corrected chi connectivity index (χ0v) is 23.0. The van der Waals surface area contributed by atoms with E-state index in [1.165, 1.54) is 38.1 Å². The van der Waals surface area contributed by atoms with Crippen LogP contribution in [-0.4, -0.2) is 44.4 Å². The normalized spacial score (nSPS) is 19.7. The van der Waals surface area contributed by atoms with E-state index in [1.54, 1.807) is 58.9 Å². The lowest BCUT2D eigenvalue weighted by Crippen LogP contribution is -2.61. The average Bonchev–Trinajstić information content (AvgIpc) is 3.04. The Morgan fingerprint density at radius 2 is 1.31 bits per heavy atom. The first kappa shape index (κ1) is 27.6. The second-order valence-corrected chi connectivity index (χ2v) is 14.4. The minimum atomic E-state index is -4.73. The lowest BCUT2D eigenvalue weighted by atomic mass is 10.0. The summed E-state index contributed by atoms with van der Waals surface area (Å²) in [4.78, 5) is 23.6. The van der Waals surface area contributed by atoms with Crippen LogP contribution >= 0.6 is 0 Å².